The Hall–Kier alpha value is -2.60. The maximum absolute atomic E-state index is 12.6. The lowest BCUT2D eigenvalue weighted by atomic mass is 10.0. The second-order valence-electron chi connectivity index (χ2n) is 7.30. The average Bonchev–Trinajstić information content (AvgIpc) is 3.12. The van der Waals surface area contributed by atoms with Gasteiger partial charge in [-0.05, 0) is 36.1 Å². The van der Waals surface area contributed by atoms with Gasteiger partial charge in [0.15, 0.2) is 0 Å². The average molecular weight is 379 g/mol. The topological polar surface area (TPSA) is 53.0 Å². The standard InChI is InChI=1S/C21H21N3O2S/c25-27(26)22-15-18-7-3-4-8-21(18)24(27)19-9-11-23(12-10-19)20-13-16-5-1-2-6-17(16)14-20/h1-8,13,15,19H,9-12,14H2. The van der Waals surface area contributed by atoms with Gasteiger partial charge in [0.05, 0.1) is 17.9 Å². The van der Waals surface area contributed by atoms with Gasteiger partial charge in [0, 0.05) is 30.8 Å². The van der Waals surface area contributed by atoms with Gasteiger partial charge >= 0.3 is 10.2 Å². The molecule has 1 fully saturated rings. The lowest BCUT2D eigenvalue weighted by Crippen LogP contribution is -2.48. The van der Waals surface area contributed by atoms with Crippen molar-refractivity contribution in [3.63, 3.8) is 0 Å². The highest BCUT2D eigenvalue weighted by Crippen LogP contribution is 2.34. The van der Waals surface area contributed by atoms with Gasteiger partial charge in [-0.1, -0.05) is 42.5 Å². The second-order valence-corrected chi connectivity index (χ2v) is 8.80. The summed E-state index contributed by atoms with van der Waals surface area (Å²) in [6, 6.07) is 16.0. The monoisotopic (exact) mass is 379 g/mol. The summed E-state index contributed by atoms with van der Waals surface area (Å²) in [5.41, 5.74) is 5.63. The Labute approximate surface area is 159 Å². The molecule has 0 saturated carbocycles. The fourth-order valence-corrected chi connectivity index (χ4v) is 5.68. The van der Waals surface area contributed by atoms with E-state index in [9.17, 15) is 8.42 Å². The van der Waals surface area contributed by atoms with E-state index in [-0.39, 0.29) is 6.04 Å². The van der Waals surface area contributed by atoms with E-state index in [0.717, 1.165) is 43.6 Å². The number of benzene rings is 2. The minimum absolute atomic E-state index is 0.0470. The zero-order chi connectivity index (χ0) is 18.4. The van der Waals surface area contributed by atoms with E-state index in [2.05, 4.69) is 39.6 Å². The van der Waals surface area contributed by atoms with Crippen molar-refractivity contribution in [1.82, 2.24) is 4.90 Å². The van der Waals surface area contributed by atoms with E-state index in [0.29, 0.717) is 0 Å². The van der Waals surface area contributed by atoms with Crippen LogP contribution < -0.4 is 4.31 Å². The minimum Gasteiger partial charge on any atom is -0.374 e. The van der Waals surface area contributed by atoms with E-state index in [1.54, 1.807) is 0 Å². The molecular weight excluding hydrogens is 358 g/mol. The smallest absolute Gasteiger partial charge is 0.344 e. The molecule has 0 atom stereocenters. The first-order valence-electron chi connectivity index (χ1n) is 9.34. The van der Waals surface area contributed by atoms with Gasteiger partial charge in [0.1, 0.15) is 0 Å². The summed E-state index contributed by atoms with van der Waals surface area (Å²) in [6.45, 7) is 1.73. The van der Waals surface area contributed by atoms with Crippen LogP contribution in [0.3, 0.4) is 0 Å². The molecule has 0 aromatic heterocycles. The molecule has 5 rings (SSSR count). The number of hydrogen-bond donors (Lipinski definition) is 0. The molecular formula is C21H21N3O2S. The number of hydrogen-bond acceptors (Lipinski definition) is 3. The molecule has 2 aromatic rings. The van der Waals surface area contributed by atoms with Crippen LogP contribution in [0, 0.1) is 0 Å². The molecule has 0 bridgehead atoms. The van der Waals surface area contributed by atoms with E-state index in [4.69, 9.17) is 0 Å². The number of nitrogens with zero attached hydrogens (tertiary/aromatic N) is 3. The number of allylic oxidation sites excluding steroid dienone is 1. The zero-order valence-electron chi connectivity index (χ0n) is 15.0. The largest absolute Gasteiger partial charge is 0.374 e. The molecule has 0 radical (unpaired) electrons. The quantitative estimate of drug-likeness (QED) is 0.805. The Balaban J connectivity index is 1.35. The fraction of sp³-hybridized carbons (Fsp3) is 0.286. The van der Waals surface area contributed by atoms with Crippen molar-refractivity contribution in [2.45, 2.75) is 25.3 Å². The molecule has 5 nitrogen and oxygen atoms in total. The molecule has 1 aliphatic carbocycles. The lowest BCUT2D eigenvalue weighted by molar-refractivity contribution is 0.263. The maximum Gasteiger partial charge on any atom is 0.344 e. The number of para-hydroxylation sites is 1. The first kappa shape index (κ1) is 16.6. The van der Waals surface area contributed by atoms with Crippen LogP contribution in [0.5, 0.6) is 0 Å². The van der Waals surface area contributed by atoms with Crippen LogP contribution in [0.4, 0.5) is 5.69 Å². The molecule has 3 aliphatic rings. The van der Waals surface area contributed by atoms with Crippen LogP contribution in [0.25, 0.3) is 6.08 Å². The number of rotatable bonds is 2. The summed E-state index contributed by atoms with van der Waals surface area (Å²) < 4.78 is 30.6. The van der Waals surface area contributed by atoms with Crippen LogP contribution in [0.2, 0.25) is 0 Å². The maximum atomic E-state index is 12.6. The molecule has 1 saturated heterocycles. The second kappa shape index (κ2) is 6.23. The fourth-order valence-electron chi connectivity index (χ4n) is 4.33. The molecule has 6 heteroatoms. The summed E-state index contributed by atoms with van der Waals surface area (Å²) in [6.07, 6.45) is 6.30. The van der Waals surface area contributed by atoms with Crippen molar-refractivity contribution >= 4 is 28.2 Å². The van der Waals surface area contributed by atoms with Gasteiger partial charge < -0.3 is 4.90 Å². The highest BCUT2D eigenvalue weighted by Gasteiger charge is 2.36. The highest BCUT2D eigenvalue weighted by atomic mass is 32.2. The summed E-state index contributed by atoms with van der Waals surface area (Å²) in [7, 11) is -3.65. The van der Waals surface area contributed by atoms with E-state index in [1.165, 1.54) is 27.3 Å². The number of likely N-dealkylation sites (tertiary alicyclic amines) is 1. The Bertz CT molecular complexity index is 1050. The van der Waals surface area contributed by atoms with Crippen LogP contribution in [0.1, 0.15) is 29.5 Å². The third-order valence-corrected chi connectivity index (χ3v) is 7.06. The molecule has 138 valence electrons. The van der Waals surface area contributed by atoms with E-state index < -0.39 is 10.2 Å². The van der Waals surface area contributed by atoms with Crippen LogP contribution in [-0.4, -0.2) is 38.7 Å². The van der Waals surface area contributed by atoms with Crippen molar-refractivity contribution < 1.29 is 8.42 Å². The van der Waals surface area contributed by atoms with Crippen LogP contribution in [0.15, 0.2) is 58.6 Å². The Morgan fingerprint density at radius 1 is 0.926 bits per heavy atom. The summed E-state index contributed by atoms with van der Waals surface area (Å²) in [4.78, 5) is 2.40. The van der Waals surface area contributed by atoms with Crippen molar-refractivity contribution in [1.29, 1.82) is 0 Å². The molecule has 27 heavy (non-hydrogen) atoms. The van der Waals surface area contributed by atoms with Gasteiger partial charge in [0.25, 0.3) is 0 Å². The molecule has 2 aromatic carbocycles. The predicted molar refractivity (Wildman–Crippen MR) is 108 cm³/mol. The van der Waals surface area contributed by atoms with Crippen LogP contribution >= 0.6 is 0 Å². The summed E-state index contributed by atoms with van der Waals surface area (Å²) >= 11 is 0. The summed E-state index contributed by atoms with van der Waals surface area (Å²) in [5, 5.41) is 0. The van der Waals surface area contributed by atoms with Crippen molar-refractivity contribution in [3.8, 4) is 0 Å². The number of anilines is 1. The van der Waals surface area contributed by atoms with Crippen LogP contribution in [-0.2, 0) is 16.6 Å². The molecule has 2 heterocycles. The normalized spacial score (nSPS) is 21.0. The zero-order valence-corrected chi connectivity index (χ0v) is 15.8. The Kier molecular flexibility index (Phi) is 3.82. The van der Waals surface area contributed by atoms with Crippen molar-refractivity contribution in [3.05, 3.63) is 70.9 Å². The SMILES string of the molecule is O=S1(=O)N=Cc2ccccc2N1C1CCN(C2=Cc3ccccc3C2)CC1. The molecule has 0 amide bonds. The number of piperidine rings is 1. The van der Waals surface area contributed by atoms with Crippen molar-refractivity contribution in [2.75, 3.05) is 17.4 Å². The van der Waals surface area contributed by atoms with E-state index >= 15 is 0 Å². The van der Waals surface area contributed by atoms with Gasteiger partial charge in [-0.15, -0.1) is 0 Å². The lowest BCUT2D eigenvalue weighted by Gasteiger charge is -2.40. The minimum atomic E-state index is -3.65. The van der Waals surface area contributed by atoms with Crippen molar-refractivity contribution in [2.24, 2.45) is 4.40 Å². The Morgan fingerprint density at radius 2 is 1.63 bits per heavy atom. The summed E-state index contributed by atoms with van der Waals surface area (Å²) in [5.74, 6) is 0. The van der Waals surface area contributed by atoms with E-state index in [1.807, 2.05) is 24.3 Å². The third kappa shape index (κ3) is 2.84. The first-order chi connectivity index (χ1) is 13.1. The predicted octanol–water partition coefficient (Wildman–Crippen LogP) is 3.23. The third-order valence-electron chi connectivity index (χ3n) is 5.70. The van der Waals surface area contributed by atoms with Gasteiger partial charge in [0.2, 0.25) is 0 Å². The first-order valence-corrected chi connectivity index (χ1v) is 10.7. The number of fused-ring (bicyclic) bond motifs is 2. The van der Waals surface area contributed by atoms with Gasteiger partial charge in [-0.25, -0.2) is 4.31 Å². The highest BCUT2D eigenvalue weighted by molar-refractivity contribution is 7.91. The Morgan fingerprint density at radius 3 is 2.41 bits per heavy atom. The molecule has 2 aliphatic heterocycles. The van der Waals surface area contributed by atoms with Gasteiger partial charge in [-0.3, -0.25) is 0 Å². The molecule has 0 unspecified atom stereocenters. The molecule has 0 spiro atoms. The molecule has 0 N–H and O–H groups in total. The van der Waals surface area contributed by atoms with Gasteiger partial charge in [-0.2, -0.15) is 12.8 Å².